The van der Waals surface area contributed by atoms with Crippen LogP contribution in [0.2, 0.25) is 0 Å². The molecular weight excluding hydrogens is 420 g/mol. The predicted octanol–water partition coefficient (Wildman–Crippen LogP) is 3.73. The maximum Gasteiger partial charge on any atom is 0.284 e. The largest absolute Gasteiger partial charge is 0.469 e. The highest BCUT2D eigenvalue weighted by atomic mass is 32.2. The van der Waals surface area contributed by atoms with E-state index in [4.69, 9.17) is 8.83 Å². The van der Waals surface area contributed by atoms with E-state index in [0.717, 1.165) is 17.8 Å². The Bertz CT molecular complexity index is 1130. The van der Waals surface area contributed by atoms with E-state index in [0.29, 0.717) is 11.3 Å². The van der Waals surface area contributed by atoms with Crippen molar-refractivity contribution in [3.05, 3.63) is 46.4 Å². The van der Waals surface area contributed by atoms with Crippen LogP contribution in [0.15, 0.2) is 54.4 Å². The molecule has 1 aromatic carbocycles. The predicted molar refractivity (Wildman–Crippen MR) is 104 cm³/mol. The first-order valence-electron chi connectivity index (χ1n) is 8.62. The smallest absolute Gasteiger partial charge is 0.284 e. The molecule has 0 bridgehead atoms. The fraction of sp³-hybridized carbons (Fsp3) is 0.294. The minimum Gasteiger partial charge on any atom is -0.469 e. The number of rotatable bonds is 8. The van der Waals surface area contributed by atoms with Crippen LogP contribution in [0.3, 0.4) is 0 Å². The van der Waals surface area contributed by atoms with Crippen molar-refractivity contribution in [2.24, 2.45) is 0 Å². The molecule has 0 N–H and O–H groups in total. The average molecular weight is 438 g/mol. The van der Waals surface area contributed by atoms with Gasteiger partial charge in [0.15, 0.2) is 0 Å². The molecule has 2 heterocycles. The van der Waals surface area contributed by atoms with E-state index in [1.807, 2.05) is 0 Å². The number of hydrogen-bond donors (Lipinski definition) is 0. The summed E-state index contributed by atoms with van der Waals surface area (Å²) in [6, 6.07) is 5.42. The molecule has 0 aliphatic rings. The van der Waals surface area contributed by atoms with E-state index in [1.165, 1.54) is 22.7 Å². The molecule has 3 rings (SSSR count). The number of aromatic nitrogens is 2. The van der Waals surface area contributed by atoms with Crippen molar-refractivity contribution in [3.63, 3.8) is 0 Å². The molecule has 12 heteroatoms. The van der Waals surface area contributed by atoms with E-state index in [9.17, 15) is 18.5 Å². The molecule has 0 aliphatic heterocycles. The first-order chi connectivity index (χ1) is 13.8. The summed E-state index contributed by atoms with van der Waals surface area (Å²) in [6.45, 7) is 5.68. The van der Waals surface area contributed by atoms with Crippen LogP contribution in [-0.2, 0) is 10.0 Å². The quantitative estimate of drug-likeness (QED) is 0.381. The third-order valence-corrected chi connectivity index (χ3v) is 7.11. The maximum absolute atomic E-state index is 12.7. The zero-order chi connectivity index (χ0) is 21.2. The number of benzene rings is 1. The van der Waals surface area contributed by atoms with Gasteiger partial charge in [-0.2, -0.15) is 4.31 Å². The van der Waals surface area contributed by atoms with Crippen LogP contribution in [0.4, 0.5) is 5.69 Å². The summed E-state index contributed by atoms with van der Waals surface area (Å²) in [5.74, 6) is 0.823. The minimum atomic E-state index is -3.82. The molecule has 0 radical (unpaired) electrons. The molecule has 29 heavy (non-hydrogen) atoms. The van der Waals surface area contributed by atoms with Gasteiger partial charge in [-0.3, -0.25) is 10.1 Å². The lowest BCUT2D eigenvalue weighted by Crippen LogP contribution is -2.30. The second kappa shape index (κ2) is 8.35. The Morgan fingerprint density at radius 3 is 2.52 bits per heavy atom. The SMILES string of the molecule is CCN(CC)S(=O)(=O)c1ccc(Sc2nnc(-c3ccoc3C)o2)c([N+](=O)[O-])c1. The summed E-state index contributed by atoms with van der Waals surface area (Å²) >= 11 is 0.885. The van der Waals surface area contributed by atoms with Crippen LogP contribution in [0.1, 0.15) is 19.6 Å². The maximum atomic E-state index is 12.7. The van der Waals surface area contributed by atoms with Crippen molar-refractivity contribution in [3.8, 4) is 11.5 Å². The van der Waals surface area contributed by atoms with Crippen molar-refractivity contribution in [2.45, 2.75) is 35.8 Å². The van der Waals surface area contributed by atoms with E-state index < -0.39 is 14.9 Å². The highest BCUT2D eigenvalue weighted by molar-refractivity contribution is 7.99. The number of furan rings is 1. The first kappa shape index (κ1) is 21.0. The molecular formula is C17H18N4O6S2. The Kier molecular flexibility index (Phi) is 6.05. The second-order valence-electron chi connectivity index (χ2n) is 5.84. The number of nitro groups is 1. The highest BCUT2D eigenvalue weighted by Crippen LogP contribution is 2.37. The molecule has 0 saturated heterocycles. The third kappa shape index (κ3) is 4.18. The average Bonchev–Trinajstić information content (AvgIpc) is 3.31. The van der Waals surface area contributed by atoms with Crippen molar-refractivity contribution in [1.82, 2.24) is 14.5 Å². The molecule has 10 nitrogen and oxygen atoms in total. The molecule has 0 unspecified atom stereocenters. The fourth-order valence-corrected chi connectivity index (χ4v) is 4.90. The Labute approximate surface area is 171 Å². The summed E-state index contributed by atoms with van der Waals surface area (Å²) in [4.78, 5) is 11.0. The van der Waals surface area contributed by atoms with Crippen LogP contribution in [0.25, 0.3) is 11.5 Å². The summed E-state index contributed by atoms with van der Waals surface area (Å²) in [6.07, 6.45) is 1.49. The number of nitro benzene ring substituents is 1. The van der Waals surface area contributed by atoms with Crippen molar-refractivity contribution in [2.75, 3.05) is 13.1 Å². The topological polar surface area (TPSA) is 133 Å². The lowest BCUT2D eigenvalue weighted by atomic mass is 10.3. The van der Waals surface area contributed by atoms with Crippen LogP contribution >= 0.6 is 11.8 Å². The third-order valence-electron chi connectivity index (χ3n) is 4.16. The van der Waals surface area contributed by atoms with Gasteiger partial charge in [0.05, 0.1) is 26.5 Å². The summed E-state index contributed by atoms with van der Waals surface area (Å²) in [5.41, 5.74) is 0.266. The van der Waals surface area contributed by atoms with Gasteiger partial charge in [0, 0.05) is 19.2 Å². The first-order valence-corrected chi connectivity index (χ1v) is 10.9. The molecule has 0 spiro atoms. The van der Waals surface area contributed by atoms with Gasteiger partial charge in [-0.15, -0.1) is 10.2 Å². The Morgan fingerprint density at radius 2 is 1.93 bits per heavy atom. The lowest BCUT2D eigenvalue weighted by molar-refractivity contribution is -0.388. The van der Waals surface area contributed by atoms with Gasteiger partial charge in [-0.25, -0.2) is 8.42 Å². The number of hydrogen-bond acceptors (Lipinski definition) is 9. The molecule has 2 aromatic heterocycles. The number of nitrogens with zero attached hydrogens (tertiary/aromatic N) is 4. The zero-order valence-electron chi connectivity index (χ0n) is 15.9. The normalized spacial score (nSPS) is 11.9. The van der Waals surface area contributed by atoms with Crippen molar-refractivity contribution < 1.29 is 22.2 Å². The van der Waals surface area contributed by atoms with Crippen molar-refractivity contribution >= 4 is 27.5 Å². The van der Waals surface area contributed by atoms with Gasteiger partial charge >= 0.3 is 0 Å². The van der Waals surface area contributed by atoms with E-state index in [1.54, 1.807) is 26.8 Å². The molecule has 0 amide bonds. The Morgan fingerprint density at radius 1 is 1.21 bits per heavy atom. The van der Waals surface area contributed by atoms with Gasteiger partial charge in [0.2, 0.25) is 10.0 Å². The van der Waals surface area contributed by atoms with Gasteiger partial charge < -0.3 is 8.83 Å². The van der Waals surface area contributed by atoms with Crippen LogP contribution in [-0.4, -0.2) is 40.9 Å². The number of aryl methyl sites for hydroxylation is 1. The summed E-state index contributed by atoms with van der Waals surface area (Å²) in [5, 5.41) is 19.4. The van der Waals surface area contributed by atoms with Crippen molar-refractivity contribution in [1.29, 1.82) is 0 Å². The van der Waals surface area contributed by atoms with Gasteiger partial charge in [0.1, 0.15) is 5.76 Å². The zero-order valence-corrected chi connectivity index (χ0v) is 17.5. The fourth-order valence-electron chi connectivity index (χ4n) is 2.66. The summed E-state index contributed by atoms with van der Waals surface area (Å²) in [7, 11) is -3.82. The minimum absolute atomic E-state index is 0.0862. The monoisotopic (exact) mass is 438 g/mol. The van der Waals surface area contributed by atoms with Crippen LogP contribution < -0.4 is 0 Å². The standard InChI is InChI=1S/C17H18N4O6S2/c1-4-20(5-2)29(24,25)12-6-7-15(14(10-12)21(22)23)28-17-19-18-16(27-17)13-8-9-26-11(13)3/h6-10H,4-5H2,1-3H3. The van der Waals surface area contributed by atoms with Gasteiger partial charge in [-0.05, 0) is 36.9 Å². The van der Waals surface area contributed by atoms with E-state index in [2.05, 4.69) is 10.2 Å². The van der Waals surface area contributed by atoms with Gasteiger partial charge in [-0.1, -0.05) is 13.8 Å². The Balaban J connectivity index is 1.94. The lowest BCUT2D eigenvalue weighted by Gasteiger charge is -2.18. The molecule has 3 aromatic rings. The van der Waals surface area contributed by atoms with Crippen LogP contribution in [0.5, 0.6) is 0 Å². The molecule has 154 valence electrons. The molecule has 0 fully saturated rings. The van der Waals surface area contributed by atoms with E-state index >= 15 is 0 Å². The number of sulfonamides is 1. The van der Waals surface area contributed by atoms with Crippen LogP contribution in [0, 0.1) is 17.0 Å². The molecule has 0 atom stereocenters. The highest BCUT2D eigenvalue weighted by Gasteiger charge is 2.27. The summed E-state index contributed by atoms with van der Waals surface area (Å²) < 4.78 is 37.3. The second-order valence-corrected chi connectivity index (χ2v) is 8.77. The van der Waals surface area contributed by atoms with E-state index in [-0.39, 0.29) is 39.7 Å². The van der Waals surface area contributed by atoms with Gasteiger partial charge in [0.25, 0.3) is 16.8 Å². The Hall–Kier alpha value is -2.70. The molecule has 0 aliphatic carbocycles. The molecule has 0 saturated carbocycles.